The number of benzene rings is 1. The highest BCUT2D eigenvalue weighted by atomic mass is 16.2. The summed E-state index contributed by atoms with van der Waals surface area (Å²) in [5.74, 6) is 2.23. The summed E-state index contributed by atoms with van der Waals surface area (Å²) in [6.45, 7) is 7.93. The number of nitrogens with zero attached hydrogens (tertiary/aromatic N) is 6. The van der Waals surface area contributed by atoms with Gasteiger partial charge in [-0.2, -0.15) is 0 Å². The first-order chi connectivity index (χ1) is 15.1. The van der Waals surface area contributed by atoms with Gasteiger partial charge in [-0.1, -0.05) is 44.2 Å². The van der Waals surface area contributed by atoms with Gasteiger partial charge in [-0.05, 0) is 5.56 Å². The van der Waals surface area contributed by atoms with Gasteiger partial charge in [0.25, 0.3) is 0 Å². The van der Waals surface area contributed by atoms with E-state index < -0.39 is 0 Å². The van der Waals surface area contributed by atoms with Crippen molar-refractivity contribution in [2.45, 2.75) is 32.9 Å². The molecule has 164 valence electrons. The second kappa shape index (κ2) is 9.47. The molecule has 3 heterocycles. The molecular formula is C24H32N6O. The summed E-state index contributed by atoms with van der Waals surface area (Å²) in [5.41, 5.74) is 1.23. The van der Waals surface area contributed by atoms with Crippen molar-refractivity contribution in [2.24, 2.45) is 13.0 Å². The summed E-state index contributed by atoms with van der Waals surface area (Å²) in [5, 5.41) is 0. The zero-order valence-electron chi connectivity index (χ0n) is 18.7. The van der Waals surface area contributed by atoms with Gasteiger partial charge in [0.15, 0.2) is 0 Å². The van der Waals surface area contributed by atoms with Crippen LogP contribution < -0.4 is 0 Å². The third-order valence-corrected chi connectivity index (χ3v) is 6.22. The highest BCUT2D eigenvalue weighted by Crippen LogP contribution is 2.28. The maximum atomic E-state index is 13.1. The first-order valence-electron chi connectivity index (χ1n) is 11.1. The van der Waals surface area contributed by atoms with Crippen LogP contribution in [0.25, 0.3) is 0 Å². The van der Waals surface area contributed by atoms with E-state index in [1.807, 2.05) is 49.7 Å². The second-order valence-corrected chi connectivity index (χ2v) is 8.32. The lowest BCUT2D eigenvalue weighted by molar-refractivity contribution is -0.137. The van der Waals surface area contributed by atoms with Gasteiger partial charge in [0.1, 0.15) is 11.6 Å². The van der Waals surface area contributed by atoms with E-state index in [1.54, 1.807) is 0 Å². The van der Waals surface area contributed by atoms with Gasteiger partial charge >= 0.3 is 0 Å². The molecule has 1 aliphatic heterocycles. The van der Waals surface area contributed by atoms with E-state index in [-0.39, 0.29) is 17.9 Å². The molecule has 0 N–H and O–H groups in total. The molecule has 0 saturated carbocycles. The maximum Gasteiger partial charge on any atom is 0.227 e. The van der Waals surface area contributed by atoms with Gasteiger partial charge in [-0.25, -0.2) is 9.97 Å². The number of rotatable bonds is 7. The topological polar surface area (TPSA) is 59.2 Å². The van der Waals surface area contributed by atoms with E-state index >= 15 is 0 Å². The molecule has 0 radical (unpaired) electrons. The van der Waals surface area contributed by atoms with Crippen molar-refractivity contribution in [1.29, 1.82) is 0 Å². The first-order valence-corrected chi connectivity index (χ1v) is 11.1. The number of carbonyl (C=O) groups excluding carboxylic acids is 1. The van der Waals surface area contributed by atoms with Crippen molar-refractivity contribution >= 4 is 5.91 Å². The van der Waals surface area contributed by atoms with E-state index in [1.165, 1.54) is 5.56 Å². The first kappa shape index (κ1) is 21.3. The second-order valence-electron chi connectivity index (χ2n) is 8.32. The SMILES string of the molecule is CCc1nccn1CC(C)C(=O)N1CCN(C(c2ccccc2)c2nccn2C)CC1. The van der Waals surface area contributed by atoms with Crippen molar-refractivity contribution in [2.75, 3.05) is 26.2 Å². The number of imidazole rings is 2. The molecule has 1 saturated heterocycles. The fourth-order valence-corrected chi connectivity index (χ4v) is 4.51. The molecule has 0 bridgehead atoms. The molecule has 2 aromatic heterocycles. The van der Waals surface area contributed by atoms with Crippen LogP contribution >= 0.6 is 0 Å². The van der Waals surface area contributed by atoms with Crippen molar-refractivity contribution in [3.63, 3.8) is 0 Å². The molecule has 7 heteroatoms. The molecule has 2 atom stereocenters. The number of hydrogen-bond acceptors (Lipinski definition) is 4. The summed E-state index contributed by atoms with van der Waals surface area (Å²) in [6, 6.07) is 10.6. The van der Waals surface area contributed by atoms with Crippen molar-refractivity contribution < 1.29 is 4.79 Å². The van der Waals surface area contributed by atoms with Gasteiger partial charge in [0.2, 0.25) is 5.91 Å². The average Bonchev–Trinajstić information content (AvgIpc) is 3.43. The summed E-state index contributed by atoms with van der Waals surface area (Å²) < 4.78 is 4.19. The van der Waals surface area contributed by atoms with Crippen LogP contribution in [0.3, 0.4) is 0 Å². The average molecular weight is 421 g/mol. The lowest BCUT2D eigenvalue weighted by Gasteiger charge is -2.40. The fraction of sp³-hybridized carbons (Fsp3) is 0.458. The van der Waals surface area contributed by atoms with E-state index in [4.69, 9.17) is 0 Å². The number of piperazine rings is 1. The molecular weight excluding hydrogens is 388 g/mol. The highest BCUT2D eigenvalue weighted by Gasteiger charge is 2.31. The van der Waals surface area contributed by atoms with Crippen LogP contribution in [0.5, 0.6) is 0 Å². The van der Waals surface area contributed by atoms with Crippen LogP contribution in [0.4, 0.5) is 0 Å². The smallest absolute Gasteiger partial charge is 0.227 e. The Hall–Kier alpha value is -2.93. The summed E-state index contributed by atoms with van der Waals surface area (Å²) in [6.07, 6.45) is 8.51. The molecule has 3 aromatic rings. The molecule has 2 unspecified atom stereocenters. The Morgan fingerprint density at radius 2 is 1.74 bits per heavy atom. The number of aryl methyl sites for hydroxylation is 2. The molecule has 7 nitrogen and oxygen atoms in total. The molecule has 4 rings (SSSR count). The molecule has 31 heavy (non-hydrogen) atoms. The third-order valence-electron chi connectivity index (χ3n) is 6.22. The van der Waals surface area contributed by atoms with Crippen LogP contribution in [-0.2, 0) is 24.8 Å². The van der Waals surface area contributed by atoms with Crippen LogP contribution in [0.1, 0.15) is 37.1 Å². The van der Waals surface area contributed by atoms with Crippen LogP contribution in [0, 0.1) is 5.92 Å². The quantitative estimate of drug-likeness (QED) is 0.590. The van der Waals surface area contributed by atoms with Crippen LogP contribution in [-0.4, -0.2) is 61.0 Å². The molecule has 1 fully saturated rings. The summed E-state index contributed by atoms with van der Waals surface area (Å²) in [4.78, 5) is 26.6. The normalized spacial score (nSPS) is 16.9. The van der Waals surface area contributed by atoms with Crippen LogP contribution in [0.15, 0.2) is 55.1 Å². The van der Waals surface area contributed by atoms with E-state index in [0.29, 0.717) is 6.54 Å². The molecule has 1 amide bonds. The van der Waals surface area contributed by atoms with Crippen molar-refractivity contribution in [3.8, 4) is 0 Å². The fourth-order valence-electron chi connectivity index (χ4n) is 4.51. The number of carbonyl (C=O) groups is 1. The minimum absolute atomic E-state index is 0.0643. The van der Waals surface area contributed by atoms with E-state index in [9.17, 15) is 4.79 Å². The zero-order valence-corrected chi connectivity index (χ0v) is 18.7. The van der Waals surface area contributed by atoms with E-state index in [2.05, 4.69) is 55.2 Å². The largest absolute Gasteiger partial charge is 0.340 e. The predicted octanol–water partition coefficient (Wildman–Crippen LogP) is 2.75. The third kappa shape index (κ3) is 4.56. The Morgan fingerprint density at radius 3 is 2.39 bits per heavy atom. The molecule has 0 aliphatic carbocycles. The van der Waals surface area contributed by atoms with Crippen molar-refractivity contribution in [3.05, 3.63) is 72.3 Å². The lowest BCUT2D eigenvalue weighted by Crippen LogP contribution is -2.51. The molecule has 0 spiro atoms. The standard InChI is InChI=1S/C24H32N6O/c1-4-21-25-11-13-30(21)18-19(2)24(31)29-16-14-28(15-17-29)22(20-8-6-5-7-9-20)23-26-10-12-27(23)3/h5-13,19,22H,4,14-18H2,1-3H3. The Morgan fingerprint density at radius 1 is 1.03 bits per heavy atom. The molecule has 1 aliphatic rings. The van der Waals surface area contributed by atoms with Gasteiger partial charge in [0.05, 0.1) is 12.0 Å². The summed E-state index contributed by atoms with van der Waals surface area (Å²) >= 11 is 0. The highest BCUT2D eigenvalue weighted by molar-refractivity contribution is 5.78. The summed E-state index contributed by atoms with van der Waals surface area (Å²) in [7, 11) is 2.04. The Balaban J connectivity index is 1.43. The zero-order chi connectivity index (χ0) is 21.8. The number of hydrogen-bond donors (Lipinski definition) is 0. The van der Waals surface area contributed by atoms with Gasteiger partial charge in [-0.3, -0.25) is 9.69 Å². The van der Waals surface area contributed by atoms with Gasteiger partial charge in [-0.15, -0.1) is 0 Å². The van der Waals surface area contributed by atoms with Gasteiger partial charge in [0, 0.05) is 71.0 Å². The Kier molecular flexibility index (Phi) is 6.51. The number of amides is 1. The van der Waals surface area contributed by atoms with Gasteiger partial charge < -0.3 is 14.0 Å². The number of aromatic nitrogens is 4. The Labute approximate surface area is 184 Å². The predicted molar refractivity (Wildman–Crippen MR) is 120 cm³/mol. The minimum Gasteiger partial charge on any atom is -0.340 e. The van der Waals surface area contributed by atoms with E-state index in [0.717, 1.165) is 44.2 Å². The van der Waals surface area contributed by atoms with Crippen LogP contribution in [0.2, 0.25) is 0 Å². The molecule has 1 aromatic carbocycles. The Bertz CT molecular complexity index is 986. The maximum absolute atomic E-state index is 13.1. The van der Waals surface area contributed by atoms with Crippen molar-refractivity contribution in [1.82, 2.24) is 28.9 Å². The lowest BCUT2D eigenvalue weighted by atomic mass is 10.0. The minimum atomic E-state index is -0.0643. The monoisotopic (exact) mass is 420 g/mol.